The summed E-state index contributed by atoms with van der Waals surface area (Å²) >= 11 is 0. The van der Waals surface area contributed by atoms with Crippen molar-refractivity contribution in [3.05, 3.63) is 71.8 Å². The Morgan fingerprint density at radius 2 is 1.30 bits per heavy atom. The fraction of sp³-hybridized carbons (Fsp3) is 0.455. The number of rotatable bonds is 8. The monoisotopic (exact) mass is 309 g/mol. The molecule has 1 atom stereocenters. The molecule has 0 aliphatic heterocycles. The van der Waals surface area contributed by atoms with Gasteiger partial charge in [-0.05, 0) is 48.8 Å². The van der Waals surface area contributed by atoms with Crippen LogP contribution in [0.4, 0.5) is 0 Å². The molecule has 1 heteroatoms. The fourth-order valence-corrected chi connectivity index (χ4v) is 3.01. The van der Waals surface area contributed by atoms with Gasteiger partial charge in [0, 0.05) is 6.04 Å². The minimum Gasteiger partial charge on any atom is -0.313 e. The predicted octanol–water partition coefficient (Wildman–Crippen LogP) is 5.26. The van der Waals surface area contributed by atoms with Gasteiger partial charge in [-0.25, -0.2) is 0 Å². The van der Waals surface area contributed by atoms with Crippen LogP contribution in [0.3, 0.4) is 0 Å². The van der Waals surface area contributed by atoms with Crippen LogP contribution in [0.1, 0.15) is 44.7 Å². The summed E-state index contributed by atoms with van der Waals surface area (Å²) in [4.78, 5) is 0. The summed E-state index contributed by atoms with van der Waals surface area (Å²) in [6.07, 6.45) is 4.69. The van der Waals surface area contributed by atoms with Gasteiger partial charge in [-0.15, -0.1) is 0 Å². The number of benzene rings is 2. The average molecular weight is 309 g/mol. The molecule has 1 N–H and O–H groups in total. The third-order valence-corrected chi connectivity index (χ3v) is 4.49. The maximum Gasteiger partial charge on any atom is 0.0119 e. The summed E-state index contributed by atoms with van der Waals surface area (Å²) in [7, 11) is 0. The summed E-state index contributed by atoms with van der Waals surface area (Å²) in [5, 5.41) is 3.80. The van der Waals surface area contributed by atoms with Gasteiger partial charge in [-0.2, -0.15) is 0 Å². The molecule has 1 nitrogen and oxygen atoms in total. The molecule has 124 valence electrons. The summed E-state index contributed by atoms with van der Waals surface area (Å²) in [5.74, 6) is 0. The van der Waals surface area contributed by atoms with Gasteiger partial charge < -0.3 is 5.32 Å². The molecule has 0 radical (unpaired) electrons. The molecule has 0 spiro atoms. The minimum absolute atomic E-state index is 0.293. The Morgan fingerprint density at radius 3 is 1.83 bits per heavy atom. The van der Waals surface area contributed by atoms with Crippen molar-refractivity contribution in [2.75, 3.05) is 6.54 Å². The molecule has 2 aromatic carbocycles. The first-order valence-electron chi connectivity index (χ1n) is 8.87. The molecule has 2 aromatic rings. The number of aryl methyl sites for hydroxylation is 2. The number of hydrogen-bond acceptors (Lipinski definition) is 1. The molecule has 0 fully saturated rings. The van der Waals surface area contributed by atoms with Gasteiger partial charge >= 0.3 is 0 Å². The van der Waals surface area contributed by atoms with E-state index in [0.29, 0.717) is 11.5 Å². The lowest BCUT2D eigenvalue weighted by Gasteiger charge is -2.32. The lowest BCUT2D eigenvalue weighted by molar-refractivity contribution is 0.254. The maximum absolute atomic E-state index is 3.80. The van der Waals surface area contributed by atoms with Gasteiger partial charge in [0.05, 0.1) is 0 Å². The summed E-state index contributed by atoms with van der Waals surface area (Å²) in [6.45, 7) is 8.11. The van der Waals surface area contributed by atoms with E-state index in [1.165, 1.54) is 24.0 Å². The fourth-order valence-electron chi connectivity index (χ4n) is 3.01. The van der Waals surface area contributed by atoms with Crippen LogP contribution < -0.4 is 5.32 Å². The third-order valence-electron chi connectivity index (χ3n) is 4.49. The average Bonchev–Trinajstić information content (AvgIpc) is 2.55. The summed E-state index contributed by atoms with van der Waals surface area (Å²) in [6, 6.07) is 22.1. The van der Waals surface area contributed by atoms with Crippen molar-refractivity contribution >= 4 is 0 Å². The highest BCUT2D eigenvalue weighted by atomic mass is 14.9. The Hall–Kier alpha value is -1.60. The zero-order chi connectivity index (χ0) is 16.5. The van der Waals surface area contributed by atoms with E-state index in [1.807, 2.05) is 0 Å². The van der Waals surface area contributed by atoms with Crippen LogP contribution in [0.5, 0.6) is 0 Å². The standard InChI is InChI=1S/C22H31N/c1-22(2,3)21(17-16-20-13-8-5-9-14-20)23-18-10-15-19-11-6-4-7-12-19/h4-9,11-14,21,23H,10,15-18H2,1-3H3. The highest BCUT2D eigenvalue weighted by Crippen LogP contribution is 2.23. The topological polar surface area (TPSA) is 12.0 Å². The Bertz CT molecular complexity index is 539. The van der Waals surface area contributed by atoms with Crippen molar-refractivity contribution in [2.24, 2.45) is 5.41 Å². The second-order valence-corrected chi connectivity index (χ2v) is 7.49. The van der Waals surface area contributed by atoms with E-state index < -0.39 is 0 Å². The summed E-state index contributed by atoms with van der Waals surface area (Å²) < 4.78 is 0. The SMILES string of the molecule is CC(C)(C)C(CCc1ccccc1)NCCCc1ccccc1. The highest BCUT2D eigenvalue weighted by Gasteiger charge is 2.23. The maximum atomic E-state index is 3.80. The van der Waals surface area contributed by atoms with Crippen molar-refractivity contribution in [3.8, 4) is 0 Å². The molecule has 0 aliphatic rings. The van der Waals surface area contributed by atoms with E-state index in [9.17, 15) is 0 Å². The number of hydrogen-bond donors (Lipinski definition) is 1. The zero-order valence-corrected chi connectivity index (χ0v) is 14.9. The van der Waals surface area contributed by atoms with Crippen molar-refractivity contribution in [2.45, 2.75) is 52.5 Å². The van der Waals surface area contributed by atoms with Crippen LogP contribution in [0.2, 0.25) is 0 Å². The van der Waals surface area contributed by atoms with Gasteiger partial charge in [0.1, 0.15) is 0 Å². The largest absolute Gasteiger partial charge is 0.313 e. The molecule has 0 aromatic heterocycles. The van der Waals surface area contributed by atoms with E-state index in [2.05, 4.69) is 86.8 Å². The van der Waals surface area contributed by atoms with Crippen molar-refractivity contribution in [1.82, 2.24) is 5.32 Å². The first-order valence-corrected chi connectivity index (χ1v) is 8.87. The second kappa shape index (κ2) is 8.88. The Morgan fingerprint density at radius 1 is 0.783 bits per heavy atom. The molecular weight excluding hydrogens is 278 g/mol. The van der Waals surface area contributed by atoms with Crippen molar-refractivity contribution < 1.29 is 0 Å². The minimum atomic E-state index is 0.293. The Kier molecular flexibility index (Phi) is 6.85. The van der Waals surface area contributed by atoms with Crippen LogP contribution in [0.25, 0.3) is 0 Å². The van der Waals surface area contributed by atoms with Gasteiger partial charge in [0.15, 0.2) is 0 Å². The second-order valence-electron chi connectivity index (χ2n) is 7.49. The zero-order valence-electron chi connectivity index (χ0n) is 14.9. The first kappa shape index (κ1) is 17.7. The highest BCUT2D eigenvalue weighted by molar-refractivity contribution is 5.15. The van der Waals surface area contributed by atoms with Crippen LogP contribution in [-0.4, -0.2) is 12.6 Å². The molecule has 0 aliphatic carbocycles. The van der Waals surface area contributed by atoms with Crippen LogP contribution >= 0.6 is 0 Å². The van der Waals surface area contributed by atoms with Gasteiger partial charge in [0.2, 0.25) is 0 Å². The van der Waals surface area contributed by atoms with E-state index in [-0.39, 0.29) is 0 Å². The molecule has 2 rings (SSSR count). The van der Waals surface area contributed by atoms with Crippen LogP contribution in [0.15, 0.2) is 60.7 Å². The predicted molar refractivity (Wildman–Crippen MR) is 101 cm³/mol. The van der Waals surface area contributed by atoms with Crippen LogP contribution in [0, 0.1) is 5.41 Å². The normalized spacial score (nSPS) is 13.0. The van der Waals surface area contributed by atoms with Gasteiger partial charge in [-0.3, -0.25) is 0 Å². The van der Waals surface area contributed by atoms with Gasteiger partial charge in [0.25, 0.3) is 0 Å². The van der Waals surface area contributed by atoms with Gasteiger partial charge in [-0.1, -0.05) is 81.4 Å². The lowest BCUT2D eigenvalue weighted by Crippen LogP contribution is -2.41. The van der Waals surface area contributed by atoms with E-state index in [1.54, 1.807) is 0 Å². The molecule has 0 saturated carbocycles. The molecule has 0 saturated heterocycles. The first-order chi connectivity index (χ1) is 11.1. The van der Waals surface area contributed by atoms with Crippen molar-refractivity contribution in [3.63, 3.8) is 0 Å². The Labute approximate surface area is 142 Å². The molecule has 1 unspecified atom stereocenters. The Balaban J connectivity index is 1.77. The van der Waals surface area contributed by atoms with Crippen molar-refractivity contribution in [1.29, 1.82) is 0 Å². The molecule has 0 amide bonds. The molecule has 0 heterocycles. The van der Waals surface area contributed by atoms with E-state index in [0.717, 1.165) is 19.4 Å². The molecule has 0 bridgehead atoms. The quantitative estimate of drug-likeness (QED) is 0.656. The molecular formula is C22H31N. The van der Waals surface area contributed by atoms with Crippen LogP contribution in [-0.2, 0) is 12.8 Å². The number of nitrogens with one attached hydrogen (secondary N) is 1. The molecule has 23 heavy (non-hydrogen) atoms. The smallest absolute Gasteiger partial charge is 0.0119 e. The van der Waals surface area contributed by atoms with E-state index in [4.69, 9.17) is 0 Å². The lowest BCUT2D eigenvalue weighted by atomic mass is 9.83. The summed E-state index contributed by atoms with van der Waals surface area (Å²) in [5.41, 5.74) is 3.17. The third kappa shape index (κ3) is 6.58. The van der Waals surface area contributed by atoms with E-state index >= 15 is 0 Å².